The molecule has 0 aliphatic carbocycles. The van der Waals surface area contributed by atoms with Crippen LogP contribution in [0, 0.1) is 5.82 Å². The fraction of sp³-hybridized carbons (Fsp3) is 0.269. The summed E-state index contributed by atoms with van der Waals surface area (Å²) in [6.07, 6.45) is 2.31. The molecule has 0 aromatic heterocycles. The van der Waals surface area contributed by atoms with E-state index in [1.165, 1.54) is 12.1 Å². The molecule has 4 nitrogen and oxygen atoms in total. The molecule has 1 unspecified atom stereocenters. The number of anilines is 3. The summed E-state index contributed by atoms with van der Waals surface area (Å²) >= 11 is 6.03. The van der Waals surface area contributed by atoms with E-state index < -0.39 is 5.60 Å². The van der Waals surface area contributed by atoms with Gasteiger partial charge in [0.1, 0.15) is 17.7 Å². The number of hydrogen-bond acceptors (Lipinski definition) is 4. The van der Waals surface area contributed by atoms with Gasteiger partial charge in [0.2, 0.25) is 0 Å². The lowest BCUT2D eigenvalue weighted by molar-refractivity contribution is -0.108. The average molecular weight is 453 g/mol. The Morgan fingerprint density at radius 2 is 1.81 bits per heavy atom. The minimum Gasteiger partial charge on any atom is -0.381 e. The lowest BCUT2D eigenvalue weighted by atomic mass is 9.85. The zero-order valence-corrected chi connectivity index (χ0v) is 18.6. The zero-order valence-electron chi connectivity index (χ0n) is 17.9. The maximum absolute atomic E-state index is 13.3. The Morgan fingerprint density at radius 1 is 1.12 bits per heavy atom. The summed E-state index contributed by atoms with van der Waals surface area (Å²) in [6.45, 7) is 2.88. The van der Waals surface area contributed by atoms with Crippen molar-refractivity contribution in [2.45, 2.75) is 31.3 Å². The number of halogens is 2. The molecule has 0 saturated carbocycles. The van der Waals surface area contributed by atoms with Crippen molar-refractivity contribution in [2.75, 3.05) is 23.3 Å². The zero-order chi connectivity index (χ0) is 22.7. The smallest absolute Gasteiger partial charge is 0.124 e. The maximum atomic E-state index is 13.3. The van der Waals surface area contributed by atoms with Gasteiger partial charge in [-0.15, -0.1) is 0 Å². The van der Waals surface area contributed by atoms with Crippen LogP contribution in [-0.4, -0.2) is 24.5 Å². The van der Waals surface area contributed by atoms with Crippen LogP contribution in [-0.2, 0) is 10.4 Å². The molecule has 3 aromatic rings. The van der Waals surface area contributed by atoms with Crippen LogP contribution in [0.1, 0.15) is 36.8 Å². The predicted molar refractivity (Wildman–Crippen MR) is 127 cm³/mol. The largest absolute Gasteiger partial charge is 0.381 e. The van der Waals surface area contributed by atoms with Gasteiger partial charge in [-0.1, -0.05) is 36.7 Å². The number of aliphatic hydroxyl groups is 1. The van der Waals surface area contributed by atoms with Gasteiger partial charge in [-0.3, -0.25) is 0 Å². The van der Waals surface area contributed by atoms with Gasteiger partial charge in [0.05, 0.1) is 24.5 Å². The molecule has 0 amide bonds. The summed E-state index contributed by atoms with van der Waals surface area (Å²) in [4.78, 5) is 13.2. The Hall–Kier alpha value is -2.89. The molecule has 2 N–H and O–H groups in total. The van der Waals surface area contributed by atoms with Crippen LogP contribution in [0.2, 0.25) is 5.02 Å². The van der Waals surface area contributed by atoms with Gasteiger partial charge >= 0.3 is 0 Å². The van der Waals surface area contributed by atoms with Crippen LogP contribution in [0.5, 0.6) is 0 Å². The number of hydrogen-bond donors (Lipinski definition) is 2. The van der Waals surface area contributed by atoms with Crippen LogP contribution >= 0.6 is 11.6 Å². The Kier molecular flexibility index (Phi) is 6.49. The molecule has 4 rings (SSSR count). The third-order valence-corrected chi connectivity index (χ3v) is 6.37. The van der Waals surface area contributed by atoms with Gasteiger partial charge in [-0.05, 0) is 72.0 Å². The summed E-state index contributed by atoms with van der Waals surface area (Å²) in [5, 5.41) is 15.2. The molecule has 1 aliphatic heterocycles. The molecule has 3 aromatic carbocycles. The number of β-amino-alcohol motifs (C(OH)–C–C–N with tert-alkyl or cyclic N) is 1. The van der Waals surface area contributed by atoms with Gasteiger partial charge in [-0.2, -0.15) is 0 Å². The van der Waals surface area contributed by atoms with E-state index in [-0.39, 0.29) is 11.7 Å². The fourth-order valence-electron chi connectivity index (χ4n) is 4.23. The van der Waals surface area contributed by atoms with E-state index in [0.717, 1.165) is 35.3 Å². The van der Waals surface area contributed by atoms with E-state index in [1.54, 1.807) is 12.1 Å². The highest BCUT2D eigenvalue weighted by Gasteiger charge is 2.43. The first-order valence-corrected chi connectivity index (χ1v) is 11.1. The van der Waals surface area contributed by atoms with Crippen molar-refractivity contribution in [2.24, 2.45) is 0 Å². The molecule has 0 bridgehead atoms. The standard InChI is InChI=1S/C26H26ClFN2O2/c1-2-18(13-14-31)19-3-12-25(24(15-19)29-23-10-6-21(27)7-11-23)30-16-26(32,17-30)20-4-8-22(28)9-5-20/h3-12,14-15,18,29,32H,2,13,16-17H2,1H3. The topological polar surface area (TPSA) is 52.6 Å². The highest BCUT2D eigenvalue weighted by Crippen LogP contribution is 2.41. The van der Waals surface area contributed by atoms with Crippen LogP contribution in [0.15, 0.2) is 66.7 Å². The second kappa shape index (κ2) is 9.31. The van der Waals surface area contributed by atoms with Crippen molar-refractivity contribution < 1.29 is 14.3 Å². The number of aldehydes is 1. The predicted octanol–water partition coefficient (Wildman–Crippen LogP) is 6.01. The average Bonchev–Trinajstić information content (AvgIpc) is 2.77. The second-order valence-electron chi connectivity index (χ2n) is 8.31. The van der Waals surface area contributed by atoms with Crippen LogP contribution in [0.4, 0.5) is 21.5 Å². The molecular weight excluding hydrogens is 427 g/mol. The Labute approximate surface area is 192 Å². The van der Waals surface area contributed by atoms with Crippen molar-refractivity contribution in [3.63, 3.8) is 0 Å². The highest BCUT2D eigenvalue weighted by molar-refractivity contribution is 6.30. The highest BCUT2D eigenvalue weighted by atomic mass is 35.5. The SMILES string of the molecule is CCC(CC=O)c1ccc(N2CC(O)(c3ccc(F)cc3)C2)c(Nc2ccc(Cl)cc2)c1. The first-order chi connectivity index (χ1) is 15.4. The van der Waals surface area contributed by atoms with E-state index in [0.29, 0.717) is 30.1 Å². The quantitative estimate of drug-likeness (QED) is 0.411. The molecule has 6 heteroatoms. The summed E-state index contributed by atoms with van der Waals surface area (Å²) in [6, 6.07) is 19.6. The van der Waals surface area contributed by atoms with Gasteiger partial charge < -0.3 is 20.1 Å². The monoisotopic (exact) mass is 452 g/mol. The molecule has 1 heterocycles. The summed E-state index contributed by atoms with van der Waals surface area (Å²) in [5.74, 6) is -0.167. The van der Waals surface area contributed by atoms with E-state index in [9.17, 15) is 14.3 Å². The first-order valence-electron chi connectivity index (χ1n) is 10.8. The Bertz CT molecular complexity index is 1080. The van der Waals surface area contributed by atoms with Crippen molar-refractivity contribution in [1.82, 2.24) is 0 Å². The summed E-state index contributed by atoms with van der Waals surface area (Å²) in [5.41, 5.74) is 3.52. The Morgan fingerprint density at radius 3 is 2.44 bits per heavy atom. The molecule has 0 spiro atoms. The van der Waals surface area contributed by atoms with Crippen LogP contribution < -0.4 is 10.2 Å². The molecular formula is C26H26ClFN2O2. The molecule has 32 heavy (non-hydrogen) atoms. The lowest BCUT2D eigenvalue weighted by Crippen LogP contribution is -2.59. The first kappa shape index (κ1) is 22.3. The van der Waals surface area contributed by atoms with Gasteiger partial charge in [0, 0.05) is 17.1 Å². The van der Waals surface area contributed by atoms with Crippen molar-refractivity contribution >= 4 is 34.9 Å². The van der Waals surface area contributed by atoms with Crippen LogP contribution in [0.3, 0.4) is 0 Å². The number of nitrogens with zero attached hydrogens (tertiary/aromatic N) is 1. The van der Waals surface area contributed by atoms with E-state index in [4.69, 9.17) is 11.6 Å². The Balaban J connectivity index is 1.62. The fourth-order valence-corrected chi connectivity index (χ4v) is 4.35. The molecule has 1 atom stereocenters. The molecule has 0 radical (unpaired) electrons. The van der Waals surface area contributed by atoms with Gasteiger partial charge in [-0.25, -0.2) is 4.39 Å². The normalized spacial score (nSPS) is 15.7. The van der Waals surface area contributed by atoms with Gasteiger partial charge in [0.15, 0.2) is 0 Å². The number of benzene rings is 3. The molecule has 1 aliphatic rings. The second-order valence-corrected chi connectivity index (χ2v) is 8.75. The molecule has 166 valence electrons. The number of carbonyl (C=O) groups is 1. The van der Waals surface area contributed by atoms with Crippen molar-refractivity contribution in [3.8, 4) is 0 Å². The van der Waals surface area contributed by atoms with Crippen LogP contribution in [0.25, 0.3) is 0 Å². The summed E-state index contributed by atoms with van der Waals surface area (Å²) in [7, 11) is 0. The minimum atomic E-state index is -1.02. The van der Waals surface area contributed by atoms with E-state index in [2.05, 4.69) is 29.3 Å². The lowest BCUT2D eigenvalue weighted by Gasteiger charge is -2.48. The number of carbonyl (C=O) groups excluding carboxylic acids is 1. The minimum absolute atomic E-state index is 0.153. The number of nitrogens with one attached hydrogen (secondary N) is 1. The van der Waals surface area contributed by atoms with Crippen molar-refractivity contribution in [3.05, 3.63) is 88.7 Å². The molecule has 1 fully saturated rings. The van der Waals surface area contributed by atoms with Gasteiger partial charge in [0.25, 0.3) is 0 Å². The van der Waals surface area contributed by atoms with Crippen molar-refractivity contribution in [1.29, 1.82) is 0 Å². The third kappa shape index (κ3) is 4.64. The number of rotatable bonds is 8. The van der Waals surface area contributed by atoms with E-state index in [1.807, 2.05) is 30.3 Å². The summed E-state index contributed by atoms with van der Waals surface area (Å²) < 4.78 is 13.3. The molecule has 1 saturated heterocycles. The maximum Gasteiger partial charge on any atom is 0.124 e. The third-order valence-electron chi connectivity index (χ3n) is 6.12. The van der Waals surface area contributed by atoms with E-state index >= 15 is 0 Å².